The summed E-state index contributed by atoms with van der Waals surface area (Å²) in [5.74, 6) is 0. The molecule has 0 radical (unpaired) electrons. The topological polar surface area (TPSA) is 63.6 Å². The number of rotatable bonds is 4. The second-order valence-corrected chi connectivity index (χ2v) is 2.15. The summed E-state index contributed by atoms with van der Waals surface area (Å²) in [7, 11) is 0. The Bertz CT molecular complexity index is 113. The lowest BCUT2D eigenvalue weighted by Crippen LogP contribution is -2.09. The maximum atomic E-state index is 9.86. The number of hydrogen-bond acceptors (Lipinski definition) is 3. The van der Waals surface area contributed by atoms with E-state index in [1.807, 2.05) is 0 Å². The van der Waals surface area contributed by atoms with E-state index in [0.29, 0.717) is 6.29 Å². The van der Waals surface area contributed by atoms with E-state index in [4.69, 9.17) is 4.55 Å². The second kappa shape index (κ2) is 4.60. The number of hydrogen-bond donors (Lipinski definition) is 1. The van der Waals surface area contributed by atoms with Crippen LogP contribution in [-0.2, 0) is 20.3 Å². The van der Waals surface area contributed by atoms with Crippen LogP contribution in [-0.4, -0.2) is 21.2 Å². The lowest BCUT2D eigenvalue weighted by molar-refractivity contribution is -0.109. The minimum absolute atomic E-state index is 0.145. The Morgan fingerprint density at radius 3 is 2.78 bits per heavy atom. The first-order valence-corrected chi connectivity index (χ1v) is 3.41. The maximum absolute atomic E-state index is 9.86. The number of carbonyl (C=O) groups is 1. The summed E-state index contributed by atoms with van der Waals surface area (Å²) in [6.07, 6.45) is 0.303. The third-order valence-electron chi connectivity index (χ3n) is 0.675. The van der Waals surface area contributed by atoms with E-state index in [1.165, 1.54) is 0 Å². The summed E-state index contributed by atoms with van der Waals surface area (Å²) in [4.78, 5) is 9.74. The molecule has 0 aromatic heterocycles. The molecule has 0 spiro atoms. The van der Waals surface area contributed by atoms with Crippen LogP contribution in [0.1, 0.15) is 13.3 Å². The van der Waals surface area contributed by atoms with E-state index in [0.717, 1.165) is 0 Å². The van der Waals surface area contributed by atoms with Crippen molar-refractivity contribution in [1.29, 1.82) is 0 Å². The van der Waals surface area contributed by atoms with Gasteiger partial charge in [0.2, 0.25) is 0 Å². The highest BCUT2D eigenvalue weighted by Gasteiger charge is 2.03. The van der Waals surface area contributed by atoms with Crippen molar-refractivity contribution in [3.05, 3.63) is 0 Å². The number of carbonyl (C=O) groups excluding carboxylic acids is 1. The van der Waals surface area contributed by atoms with Crippen molar-refractivity contribution in [1.82, 2.24) is 0 Å². The summed E-state index contributed by atoms with van der Waals surface area (Å²) >= 11 is -2.26. The molecule has 0 aromatic rings. The molecule has 0 rings (SSSR count). The molecule has 0 aliphatic carbocycles. The van der Waals surface area contributed by atoms with Gasteiger partial charge in [-0.2, -0.15) is 4.21 Å². The molecule has 2 unspecified atom stereocenters. The Hall–Kier alpha value is -0.260. The highest BCUT2D eigenvalue weighted by atomic mass is 32.2. The van der Waals surface area contributed by atoms with Gasteiger partial charge in [-0.1, -0.05) is 0 Å². The van der Waals surface area contributed by atoms with E-state index in [-0.39, 0.29) is 6.42 Å². The summed E-state index contributed by atoms with van der Waals surface area (Å²) in [5, 5.41) is 0. The monoisotopic (exact) mass is 152 g/mol. The standard InChI is InChI=1S/C4H8O4S/c1-4(2-3-5)8-9(6)7/h3-4H,2H2,1H3,(H,6,7). The zero-order valence-corrected chi connectivity index (χ0v) is 5.76. The average Bonchev–Trinajstić information content (AvgIpc) is 1.63. The molecule has 0 fully saturated rings. The van der Waals surface area contributed by atoms with Crippen molar-refractivity contribution in [3.63, 3.8) is 0 Å². The van der Waals surface area contributed by atoms with Crippen LogP contribution in [0.25, 0.3) is 0 Å². The van der Waals surface area contributed by atoms with Crippen molar-refractivity contribution < 1.29 is 17.7 Å². The highest BCUT2D eigenvalue weighted by Crippen LogP contribution is 1.95. The fraction of sp³-hybridized carbons (Fsp3) is 0.750. The Morgan fingerprint density at radius 1 is 1.89 bits per heavy atom. The Kier molecular flexibility index (Phi) is 4.47. The first-order chi connectivity index (χ1) is 4.16. The first kappa shape index (κ1) is 8.74. The molecule has 5 heteroatoms. The maximum Gasteiger partial charge on any atom is 0.302 e. The Labute approximate surface area is 55.7 Å². The highest BCUT2D eigenvalue weighted by molar-refractivity contribution is 7.74. The fourth-order valence-electron chi connectivity index (χ4n) is 0.315. The van der Waals surface area contributed by atoms with Crippen LogP contribution in [0.4, 0.5) is 0 Å². The van der Waals surface area contributed by atoms with Gasteiger partial charge in [0.1, 0.15) is 6.29 Å². The van der Waals surface area contributed by atoms with Crippen molar-refractivity contribution in [2.75, 3.05) is 0 Å². The molecule has 0 amide bonds. The van der Waals surface area contributed by atoms with Crippen LogP contribution in [0.5, 0.6) is 0 Å². The van der Waals surface area contributed by atoms with Crippen molar-refractivity contribution in [2.45, 2.75) is 19.4 Å². The molecule has 0 aliphatic rings. The van der Waals surface area contributed by atoms with Gasteiger partial charge in [0.05, 0.1) is 6.10 Å². The zero-order valence-electron chi connectivity index (χ0n) is 4.94. The van der Waals surface area contributed by atoms with Gasteiger partial charge in [-0.3, -0.25) is 8.74 Å². The molecule has 0 aliphatic heterocycles. The first-order valence-electron chi connectivity index (χ1n) is 2.38. The van der Waals surface area contributed by atoms with Crippen molar-refractivity contribution in [2.24, 2.45) is 0 Å². The van der Waals surface area contributed by atoms with Gasteiger partial charge in [0, 0.05) is 6.42 Å². The van der Waals surface area contributed by atoms with Crippen LogP contribution in [0.3, 0.4) is 0 Å². The predicted octanol–water partition coefficient (Wildman–Crippen LogP) is 0.117. The number of aldehydes is 1. The average molecular weight is 152 g/mol. The summed E-state index contributed by atoms with van der Waals surface area (Å²) in [5.41, 5.74) is 0. The predicted molar refractivity (Wildman–Crippen MR) is 32.0 cm³/mol. The largest absolute Gasteiger partial charge is 0.303 e. The van der Waals surface area contributed by atoms with Crippen LogP contribution in [0, 0.1) is 0 Å². The third-order valence-corrected chi connectivity index (χ3v) is 1.17. The van der Waals surface area contributed by atoms with Crippen LogP contribution >= 0.6 is 0 Å². The smallest absolute Gasteiger partial charge is 0.302 e. The van der Waals surface area contributed by atoms with E-state index in [2.05, 4.69) is 4.18 Å². The quantitative estimate of drug-likeness (QED) is 0.459. The Balaban J connectivity index is 3.37. The molecule has 4 nitrogen and oxygen atoms in total. The molecule has 0 aromatic carbocycles. The summed E-state index contributed by atoms with van der Waals surface area (Å²) < 4.78 is 22.2. The van der Waals surface area contributed by atoms with Gasteiger partial charge < -0.3 is 4.79 Å². The summed E-state index contributed by atoms with van der Waals surface area (Å²) in [6, 6.07) is 0. The van der Waals surface area contributed by atoms with Crippen LogP contribution in [0.2, 0.25) is 0 Å². The molecule has 2 atom stereocenters. The fourth-order valence-corrected chi connectivity index (χ4v) is 0.675. The molecule has 0 heterocycles. The normalized spacial score (nSPS) is 16.7. The van der Waals surface area contributed by atoms with Gasteiger partial charge in [0.15, 0.2) is 0 Å². The van der Waals surface area contributed by atoms with Gasteiger partial charge >= 0.3 is 11.4 Å². The third kappa shape index (κ3) is 5.61. The van der Waals surface area contributed by atoms with Crippen LogP contribution < -0.4 is 0 Å². The molecule has 9 heavy (non-hydrogen) atoms. The van der Waals surface area contributed by atoms with Crippen LogP contribution in [0.15, 0.2) is 0 Å². The second-order valence-electron chi connectivity index (χ2n) is 1.53. The Morgan fingerprint density at radius 2 is 2.44 bits per heavy atom. The molecule has 1 N–H and O–H groups in total. The molecule has 54 valence electrons. The van der Waals surface area contributed by atoms with E-state index in [9.17, 15) is 9.00 Å². The molecule has 0 bridgehead atoms. The molecular formula is C4H8O4S. The minimum Gasteiger partial charge on any atom is -0.303 e. The van der Waals surface area contributed by atoms with Gasteiger partial charge in [-0.05, 0) is 6.92 Å². The van der Waals surface area contributed by atoms with Gasteiger partial charge in [-0.15, -0.1) is 0 Å². The lowest BCUT2D eigenvalue weighted by atomic mass is 10.3. The molecule has 0 saturated carbocycles. The van der Waals surface area contributed by atoms with Crippen molar-refractivity contribution >= 4 is 17.6 Å². The molecular weight excluding hydrogens is 144 g/mol. The van der Waals surface area contributed by atoms with E-state index < -0.39 is 17.5 Å². The van der Waals surface area contributed by atoms with Crippen molar-refractivity contribution in [3.8, 4) is 0 Å². The van der Waals surface area contributed by atoms with Gasteiger partial charge in [-0.25, -0.2) is 0 Å². The minimum atomic E-state index is -2.26. The van der Waals surface area contributed by atoms with E-state index in [1.54, 1.807) is 6.92 Å². The van der Waals surface area contributed by atoms with E-state index >= 15 is 0 Å². The van der Waals surface area contributed by atoms with Gasteiger partial charge in [0.25, 0.3) is 0 Å². The zero-order chi connectivity index (χ0) is 7.28. The SMILES string of the molecule is CC(CC=O)OS(=O)O. The summed E-state index contributed by atoms with van der Waals surface area (Å²) in [6.45, 7) is 1.54. The molecule has 0 saturated heterocycles. The lowest BCUT2D eigenvalue weighted by Gasteiger charge is -2.02.